The highest BCUT2D eigenvalue weighted by Crippen LogP contribution is 2.22. The Hall–Kier alpha value is 0.270. The van der Waals surface area contributed by atoms with E-state index in [2.05, 4.69) is 0 Å². The van der Waals surface area contributed by atoms with E-state index in [1.165, 1.54) is 0 Å². The molecule has 0 aliphatic heterocycles. The maximum atomic E-state index is 8.60. The van der Waals surface area contributed by atoms with Crippen molar-refractivity contribution in [1.29, 1.82) is 0 Å². The van der Waals surface area contributed by atoms with Gasteiger partial charge < -0.3 is 20.6 Å². The minimum atomic E-state index is -1.98. The van der Waals surface area contributed by atoms with Crippen LogP contribution in [0.1, 0.15) is 0 Å². The number of hydrogen-bond donors (Lipinski definition) is 4. The molecule has 1 unspecified atom stereocenters. The summed E-state index contributed by atoms with van der Waals surface area (Å²) in [5, 5.41) is 8.60. The summed E-state index contributed by atoms with van der Waals surface area (Å²) in [6.45, 7) is 0.0833. The molecular weight excluding hydrogens is 129 g/mol. The van der Waals surface area contributed by atoms with Crippen LogP contribution in [-0.2, 0) is 0 Å². The lowest BCUT2D eigenvalue weighted by Crippen LogP contribution is -2.22. The summed E-state index contributed by atoms with van der Waals surface area (Å²) in [7, 11) is -1.98. The van der Waals surface area contributed by atoms with Gasteiger partial charge in [-0.15, -0.1) is 0 Å². The first-order valence-electron chi connectivity index (χ1n) is 2.20. The minimum Gasteiger partial charge on any atom is -0.391 e. The molecule has 50 valence electrons. The van der Waals surface area contributed by atoms with Crippen LogP contribution in [-0.4, -0.2) is 33.7 Å². The molecule has 0 rings (SSSR count). The SMILES string of the molecule is NCC(O)CP(O)O. The van der Waals surface area contributed by atoms with Gasteiger partial charge in [-0.25, -0.2) is 0 Å². The van der Waals surface area contributed by atoms with E-state index in [0.717, 1.165) is 0 Å². The fourth-order valence-electron chi connectivity index (χ4n) is 0.263. The lowest BCUT2D eigenvalue weighted by molar-refractivity contribution is 0.202. The second kappa shape index (κ2) is 4.18. The van der Waals surface area contributed by atoms with E-state index in [9.17, 15) is 0 Å². The molecule has 0 bridgehead atoms. The van der Waals surface area contributed by atoms with E-state index in [4.69, 9.17) is 20.6 Å². The second-order valence-electron chi connectivity index (χ2n) is 1.44. The summed E-state index contributed by atoms with van der Waals surface area (Å²) < 4.78 is 0. The van der Waals surface area contributed by atoms with Crippen molar-refractivity contribution in [1.82, 2.24) is 0 Å². The number of aliphatic hydroxyl groups excluding tert-OH is 1. The molecule has 0 aromatic rings. The Bertz CT molecular complexity index is 60.5. The minimum absolute atomic E-state index is 0.00810. The van der Waals surface area contributed by atoms with Crippen LogP contribution in [0.4, 0.5) is 0 Å². The standard InChI is InChI=1S/C3H10NO3P/c4-1-3(5)2-8(6)7/h3,5-7H,1-2,4H2. The molecule has 4 nitrogen and oxygen atoms in total. The van der Waals surface area contributed by atoms with Crippen molar-refractivity contribution in [3.05, 3.63) is 0 Å². The Kier molecular flexibility index (Phi) is 4.32. The Labute approximate surface area is 48.9 Å². The van der Waals surface area contributed by atoms with E-state index in [1.807, 2.05) is 0 Å². The molecule has 5 N–H and O–H groups in total. The van der Waals surface area contributed by atoms with Gasteiger partial charge in [-0.05, 0) is 0 Å². The second-order valence-corrected chi connectivity index (χ2v) is 2.55. The molecule has 5 heteroatoms. The molecule has 0 aliphatic rings. The van der Waals surface area contributed by atoms with Crippen LogP contribution in [0, 0.1) is 0 Å². The third-order valence-corrected chi connectivity index (χ3v) is 1.39. The lowest BCUT2D eigenvalue weighted by atomic mass is 10.4. The zero-order valence-corrected chi connectivity index (χ0v) is 5.25. The molecule has 0 saturated heterocycles. The quantitative estimate of drug-likeness (QED) is 0.362. The average Bonchev–Trinajstić information content (AvgIpc) is 1.65. The molecule has 0 amide bonds. The molecule has 0 aromatic heterocycles. The fraction of sp³-hybridized carbons (Fsp3) is 1.00. The number of aliphatic hydroxyl groups is 1. The van der Waals surface area contributed by atoms with Gasteiger partial charge in [0.1, 0.15) is 0 Å². The van der Waals surface area contributed by atoms with Crippen LogP contribution >= 0.6 is 8.38 Å². The molecule has 0 spiro atoms. The van der Waals surface area contributed by atoms with Crippen LogP contribution in [0.3, 0.4) is 0 Å². The van der Waals surface area contributed by atoms with Crippen molar-refractivity contribution < 1.29 is 14.9 Å². The summed E-state index contributed by atoms with van der Waals surface area (Å²) in [6.07, 6.45) is -0.776. The molecule has 0 fully saturated rings. The van der Waals surface area contributed by atoms with Gasteiger partial charge in [0.05, 0.1) is 6.10 Å². The van der Waals surface area contributed by atoms with Gasteiger partial charge in [0.25, 0.3) is 0 Å². The van der Waals surface area contributed by atoms with Gasteiger partial charge in [-0.2, -0.15) is 0 Å². The average molecular weight is 139 g/mol. The van der Waals surface area contributed by atoms with E-state index in [0.29, 0.717) is 0 Å². The highest BCUT2D eigenvalue weighted by Gasteiger charge is 2.05. The highest BCUT2D eigenvalue weighted by molar-refractivity contribution is 7.45. The zero-order chi connectivity index (χ0) is 6.57. The van der Waals surface area contributed by atoms with E-state index >= 15 is 0 Å². The van der Waals surface area contributed by atoms with Gasteiger partial charge in [0.15, 0.2) is 8.38 Å². The van der Waals surface area contributed by atoms with Crippen molar-refractivity contribution in [3.8, 4) is 0 Å². The van der Waals surface area contributed by atoms with Crippen LogP contribution < -0.4 is 5.73 Å². The molecule has 8 heavy (non-hydrogen) atoms. The largest absolute Gasteiger partial charge is 0.391 e. The van der Waals surface area contributed by atoms with E-state index < -0.39 is 14.5 Å². The summed E-state index contributed by atoms with van der Waals surface area (Å²) in [5.74, 6) is 0. The van der Waals surface area contributed by atoms with Crippen molar-refractivity contribution in [2.75, 3.05) is 12.7 Å². The van der Waals surface area contributed by atoms with Gasteiger partial charge in [-0.3, -0.25) is 0 Å². The van der Waals surface area contributed by atoms with Crippen LogP contribution in [0.5, 0.6) is 0 Å². The van der Waals surface area contributed by atoms with Crippen LogP contribution in [0.15, 0.2) is 0 Å². The lowest BCUT2D eigenvalue weighted by Gasteiger charge is -2.06. The van der Waals surface area contributed by atoms with Gasteiger partial charge in [0.2, 0.25) is 0 Å². The van der Waals surface area contributed by atoms with E-state index in [1.54, 1.807) is 0 Å². The predicted octanol–water partition coefficient (Wildman–Crippen LogP) is -1.40. The highest BCUT2D eigenvalue weighted by atomic mass is 31.2. The Morgan fingerprint density at radius 2 is 2.00 bits per heavy atom. The fourth-order valence-corrected chi connectivity index (χ4v) is 0.789. The van der Waals surface area contributed by atoms with Crippen LogP contribution in [0.2, 0.25) is 0 Å². The third-order valence-electron chi connectivity index (χ3n) is 0.646. The van der Waals surface area contributed by atoms with Crippen molar-refractivity contribution in [2.45, 2.75) is 6.10 Å². The first-order chi connectivity index (χ1) is 3.66. The van der Waals surface area contributed by atoms with Crippen molar-refractivity contribution >= 4 is 8.38 Å². The molecular formula is C3H10NO3P. The van der Waals surface area contributed by atoms with Gasteiger partial charge in [0, 0.05) is 12.7 Å². The summed E-state index contributed by atoms with van der Waals surface area (Å²) in [6, 6.07) is 0. The molecule has 0 aliphatic carbocycles. The maximum absolute atomic E-state index is 8.60. The summed E-state index contributed by atoms with van der Waals surface area (Å²) in [4.78, 5) is 16.5. The van der Waals surface area contributed by atoms with Crippen molar-refractivity contribution in [3.63, 3.8) is 0 Å². The molecule has 0 radical (unpaired) electrons. The predicted molar refractivity (Wildman–Crippen MR) is 31.3 cm³/mol. The topological polar surface area (TPSA) is 86.7 Å². The van der Waals surface area contributed by atoms with Crippen LogP contribution in [0.25, 0.3) is 0 Å². The molecule has 1 atom stereocenters. The first-order valence-corrected chi connectivity index (χ1v) is 3.63. The maximum Gasteiger partial charge on any atom is 0.167 e. The summed E-state index contributed by atoms with van der Waals surface area (Å²) >= 11 is 0. The number of nitrogens with two attached hydrogens (primary N) is 1. The van der Waals surface area contributed by atoms with Gasteiger partial charge >= 0.3 is 0 Å². The zero-order valence-electron chi connectivity index (χ0n) is 4.36. The Balaban J connectivity index is 3.10. The monoisotopic (exact) mass is 139 g/mol. The Morgan fingerprint density at radius 3 is 2.12 bits per heavy atom. The molecule has 0 saturated carbocycles. The smallest absolute Gasteiger partial charge is 0.167 e. The summed E-state index contributed by atoms with van der Waals surface area (Å²) in [5.41, 5.74) is 4.96. The molecule has 0 heterocycles. The van der Waals surface area contributed by atoms with E-state index in [-0.39, 0.29) is 12.7 Å². The van der Waals surface area contributed by atoms with Crippen molar-refractivity contribution in [2.24, 2.45) is 5.73 Å². The normalized spacial score (nSPS) is 14.6. The van der Waals surface area contributed by atoms with Gasteiger partial charge in [-0.1, -0.05) is 0 Å². The third kappa shape index (κ3) is 4.43. The number of rotatable bonds is 3. The molecule has 0 aromatic carbocycles. The number of hydrogen-bond acceptors (Lipinski definition) is 4. The first kappa shape index (κ1) is 8.27. The Morgan fingerprint density at radius 1 is 1.50 bits per heavy atom.